The fourth-order valence-electron chi connectivity index (χ4n) is 1.38. The maximum Gasteiger partial charge on any atom is 0.293 e. The Morgan fingerprint density at radius 2 is 2.33 bits per heavy atom. The van der Waals surface area contributed by atoms with Crippen LogP contribution in [0.3, 0.4) is 0 Å². The molecule has 1 unspecified atom stereocenters. The van der Waals surface area contributed by atoms with E-state index >= 15 is 0 Å². The summed E-state index contributed by atoms with van der Waals surface area (Å²) >= 11 is 1.67. The summed E-state index contributed by atoms with van der Waals surface area (Å²) in [6.45, 7) is 2.14. The highest BCUT2D eigenvalue weighted by atomic mass is 32.2. The number of nitro benzene ring substituents is 1. The SMILES string of the molecule is CC(CO)CSCc1ccc([N+](=O)[O-])c(NN)c1. The summed E-state index contributed by atoms with van der Waals surface area (Å²) in [5.41, 5.74) is 3.58. The third kappa shape index (κ3) is 4.17. The van der Waals surface area contributed by atoms with E-state index in [4.69, 9.17) is 10.9 Å². The summed E-state index contributed by atoms with van der Waals surface area (Å²) in [5.74, 6) is 7.09. The van der Waals surface area contributed by atoms with E-state index in [1.165, 1.54) is 6.07 Å². The lowest BCUT2D eigenvalue weighted by atomic mass is 10.2. The second-order valence-electron chi connectivity index (χ2n) is 4.06. The van der Waals surface area contributed by atoms with E-state index in [2.05, 4.69) is 5.43 Å². The Morgan fingerprint density at radius 3 is 2.89 bits per heavy atom. The lowest BCUT2D eigenvalue weighted by Crippen LogP contribution is -2.09. The van der Waals surface area contributed by atoms with Gasteiger partial charge in [0.15, 0.2) is 0 Å². The molecule has 7 heteroatoms. The standard InChI is InChI=1S/C11H17N3O3S/c1-8(5-15)6-18-7-9-2-3-11(14(16)17)10(4-9)13-12/h2-4,8,13,15H,5-7,12H2,1H3. The van der Waals surface area contributed by atoms with Crippen LogP contribution in [0.4, 0.5) is 11.4 Å². The number of nitro groups is 1. The van der Waals surface area contributed by atoms with Gasteiger partial charge in [0.05, 0.1) is 4.92 Å². The number of hydrogen-bond donors (Lipinski definition) is 3. The Kier molecular flexibility index (Phi) is 5.90. The summed E-state index contributed by atoms with van der Waals surface area (Å²) in [7, 11) is 0. The molecule has 18 heavy (non-hydrogen) atoms. The summed E-state index contributed by atoms with van der Waals surface area (Å²) < 4.78 is 0. The monoisotopic (exact) mass is 271 g/mol. The molecule has 0 spiro atoms. The van der Waals surface area contributed by atoms with Crippen LogP contribution in [-0.4, -0.2) is 22.4 Å². The fraction of sp³-hybridized carbons (Fsp3) is 0.455. The van der Waals surface area contributed by atoms with Crippen LogP contribution in [0.2, 0.25) is 0 Å². The number of benzene rings is 1. The van der Waals surface area contributed by atoms with Gasteiger partial charge in [0.2, 0.25) is 0 Å². The number of aliphatic hydroxyl groups is 1. The van der Waals surface area contributed by atoms with Gasteiger partial charge in [-0.05, 0) is 23.3 Å². The minimum absolute atomic E-state index is 0.0324. The summed E-state index contributed by atoms with van der Waals surface area (Å²) in [4.78, 5) is 10.2. The van der Waals surface area contributed by atoms with Crippen LogP contribution in [0.15, 0.2) is 18.2 Å². The van der Waals surface area contributed by atoms with Gasteiger partial charge in [-0.2, -0.15) is 11.8 Å². The van der Waals surface area contributed by atoms with Gasteiger partial charge in [0.25, 0.3) is 5.69 Å². The van der Waals surface area contributed by atoms with Crippen LogP contribution in [0.25, 0.3) is 0 Å². The normalized spacial score (nSPS) is 12.2. The highest BCUT2D eigenvalue weighted by molar-refractivity contribution is 7.98. The van der Waals surface area contributed by atoms with Crippen molar-refractivity contribution in [1.82, 2.24) is 0 Å². The van der Waals surface area contributed by atoms with Gasteiger partial charge in [-0.3, -0.25) is 16.0 Å². The van der Waals surface area contributed by atoms with Crippen molar-refractivity contribution < 1.29 is 10.0 Å². The molecule has 0 aromatic heterocycles. The van der Waals surface area contributed by atoms with E-state index in [0.29, 0.717) is 5.69 Å². The zero-order valence-corrected chi connectivity index (χ0v) is 10.9. The number of rotatable bonds is 7. The molecule has 0 fully saturated rings. The van der Waals surface area contributed by atoms with Gasteiger partial charge in [0.1, 0.15) is 5.69 Å². The van der Waals surface area contributed by atoms with E-state index in [0.717, 1.165) is 17.1 Å². The Labute approximate surface area is 110 Å². The van der Waals surface area contributed by atoms with E-state index < -0.39 is 4.92 Å². The van der Waals surface area contributed by atoms with E-state index in [9.17, 15) is 10.1 Å². The number of nitrogens with one attached hydrogen (secondary N) is 1. The highest BCUT2D eigenvalue weighted by Gasteiger charge is 2.13. The lowest BCUT2D eigenvalue weighted by molar-refractivity contribution is -0.384. The topological polar surface area (TPSA) is 101 Å². The van der Waals surface area contributed by atoms with Crippen molar-refractivity contribution in [3.63, 3.8) is 0 Å². The molecule has 0 amide bonds. The van der Waals surface area contributed by atoms with E-state index in [1.54, 1.807) is 23.9 Å². The summed E-state index contributed by atoms with van der Waals surface area (Å²) in [5, 5.41) is 19.6. The first-order chi connectivity index (χ1) is 8.58. The molecule has 1 aromatic rings. The molecular weight excluding hydrogens is 254 g/mol. The van der Waals surface area contributed by atoms with Gasteiger partial charge >= 0.3 is 0 Å². The average Bonchev–Trinajstić information content (AvgIpc) is 2.37. The van der Waals surface area contributed by atoms with Gasteiger partial charge in [0, 0.05) is 18.4 Å². The Bertz CT molecular complexity index is 415. The number of nitrogens with zero attached hydrogens (tertiary/aromatic N) is 1. The molecule has 0 saturated heterocycles. The van der Waals surface area contributed by atoms with Crippen LogP contribution in [0.5, 0.6) is 0 Å². The third-order valence-corrected chi connectivity index (χ3v) is 3.74. The minimum Gasteiger partial charge on any atom is -0.396 e. The van der Waals surface area contributed by atoms with Gasteiger partial charge in [-0.15, -0.1) is 0 Å². The number of nitrogens with two attached hydrogens (primary N) is 1. The van der Waals surface area contributed by atoms with Crippen LogP contribution < -0.4 is 11.3 Å². The fourth-order valence-corrected chi connectivity index (χ4v) is 2.42. The maximum atomic E-state index is 10.7. The van der Waals surface area contributed by atoms with Crippen molar-refractivity contribution in [3.8, 4) is 0 Å². The molecule has 0 bridgehead atoms. The average molecular weight is 271 g/mol. The van der Waals surface area contributed by atoms with Crippen molar-refractivity contribution in [2.45, 2.75) is 12.7 Å². The summed E-state index contributed by atoms with van der Waals surface area (Å²) in [6, 6.07) is 4.84. The van der Waals surface area contributed by atoms with E-state index in [-0.39, 0.29) is 18.2 Å². The number of hydrogen-bond acceptors (Lipinski definition) is 6. The second kappa shape index (κ2) is 7.20. The van der Waals surface area contributed by atoms with Crippen molar-refractivity contribution >= 4 is 23.1 Å². The van der Waals surface area contributed by atoms with Gasteiger partial charge in [-0.25, -0.2) is 0 Å². The van der Waals surface area contributed by atoms with Crippen LogP contribution >= 0.6 is 11.8 Å². The highest BCUT2D eigenvalue weighted by Crippen LogP contribution is 2.26. The summed E-state index contributed by atoms with van der Waals surface area (Å²) in [6.07, 6.45) is 0. The molecule has 100 valence electrons. The molecular formula is C11H17N3O3S. The molecule has 0 radical (unpaired) electrons. The third-order valence-electron chi connectivity index (χ3n) is 2.40. The van der Waals surface area contributed by atoms with Crippen molar-refractivity contribution in [1.29, 1.82) is 0 Å². The molecule has 0 aliphatic carbocycles. The van der Waals surface area contributed by atoms with Crippen LogP contribution in [0.1, 0.15) is 12.5 Å². The maximum absolute atomic E-state index is 10.7. The number of aliphatic hydroxyl groups excluding tert-OH is 1. The predicted molar refractivity (Wildman–Crippen MR) is 73.3 cm³/mol. The largest absolute Gasteiger partial charge is 0.396 e. The zero-order chi connectivity index (χ0) is 13.5. The first kappa shape index (κ1) is 14.7. The quantitative estimate of drug-likeness (QED) is 0.396. The molecule has 6 nitrogen and oxygen atoms in total. The molecule has 1 aromatic carbocycles. The molecule has 1 rings (SSSR count). The minimum atomic E-state index is -0.472. The predicted octanol–water partition coefficient (Wildman–Crippen LogP) is 1.74. The van der Waals surface area contributed by atoms with Crippen LogP contribution in [0, 0.1) is 16.0 Å². The zero-order valence-electron chi connectivity index (χ0n) is 10.1. The molecule has 1 atom stereocenters. The Morgan fingerprint density at radius 1 is 1.61 bits per heavy atom. The Balaban J connectivity index is 2.65. The second-order valence-corrected chi connectivity index (χ2v) is 5.09. The number of anilines is 1. The molecule has 0 saturated carbocycles. The molecule has 4 N–H and O–H groups in total. The van der Waals surface area contributed by atoms with Gasteiger partial charge in [-0.1, -0.05) is 13.0 Å². The molecule has 0 aliphatic rings. The lowest BCUT2D eigenvalue weighted by Gasteiger charge is -2.08. The number of hydrazine groups is 1. The van der Waals surface area contributed by atoms with Crippen molar-refractivity contribution in [3.05, 3.63) is 33.9 Å². The first-order valence-corrected chi connectivity index (χ1v) is 6.66. The number of nitrogen functional groups attached to an aromatic ring is 1. The first-order valence-electron chi connectivity index (χ1n) is 5.51. The molecule has 0 aliphatic heterocycles. The van der Waals surface area contributed by atoms with E-state index in [1.807, 2.05) is 6.92 Å². The smallest absolute Gasteiger partial charge is 0.293 e. The van der Waals surface area contributed by atoms with Crippen molar-refractivity contribution in [2.24, 2.45) is 11.8 Å². The van der Waals surface area contributed by atoms with Crippen LogP contribution in [-0.2, 0) is 5.75 Å². The molecule has 0 heterocycles. The van der Waals surface area contributed by atoms with Crippen molar-refractivity contribution in [2.75, 3.05) is 17.8 Å². The number of thioether (sulfide) groups is 1. The van der Waals surface area contributed by atoms with Gasteiger partial charge < -0.3 is 10.5 Å². The Hall–Kier alpha value is -1.31.